The van der Waals surface area contributed by atoms with Crippen LogP contribution in [0.1, 0.15) is 184 Å². The van der Waals surface area contributed by atoms with Crippen LogP contribution in [0.3, 0.4) is 0 Å². The predicted octanol–water partition coefficient (Wildman–Crippen LogP) is 29.7. The Hall–Kier alpha value is -2.39. The largest absolute Gasteiger partial charge is 0.460 e. The molecule has 2 rings (SSSR count). The molecule has 1 aromatic rings. The number of unbranched alkanes of at least 4 members (excludes halogenated alkanes) is 13. The normalized spacial score (nSPS) is 16.6. The van der Waals surface area contributed by atoms with Crippen LogP contribution in [0.5, 0.6) is 0 Å². The van der Waals surface area contributed by atoms with E-state index in [0.717, 1.165) is 51.4 Å². The monoisotopic (exact) mass is 2010 g/mol. The summed E-state index contributed by atoms with van der Waals surface area (Å²) in [6, 6.07) is 7.64. The van der Waals surface area contributed by atoms with E-state index >= 15 is 0 Å². The maximum absolute atomic E-state index is 13.3. The summed E-state index contributed by atoms with van der Waals surface area (Å²) in [5.41, 5.74) is -4.85. The first-order valence-corrected chi connectivity index (χ1v) is 37.8. The Morgan fingerprint density at radius 2 is 0.675 bits per heavy atom. The second-order valence-electron chi connectivity index (χ2n) is 23.2. The average molecular weight is 2010 g/mol. The number of carbonyl (C=O) groups excluding carboxylic acids is 7. The number of hydrogen-bond donors (Lipinski definition) is 0. The van der Waals surface area contributed by atoms with E-state index in [9.17, 15) is 156 Å². The maximum Gasteiger partial charge on any atom is 0.460 e. The first kappa shape index (κ1) is 120. The number of rotatable bonds is 38. The predicted molar refractivity (Wildman–Crippen MR) is 387 cm³/mol. The summed E-state index contributed by atoms with van der Waals surface area (Å²) < 4.78 is 339. The van der Waals surface area contributed by atoms with Gasteiger partial charge >= 0.3 is 81.8 Å². The van der Waals surface area contributed by atoms with Gasteiger partial charge in [0.05, 0.1) is 0 Å². The molecule has 0 saturated heterocycles. The van der Waals surface area contributed by atoms with Crippen molar-refractivity contribution in [3.05, 3.63) is 96.2 Å². The Labute approximate surface area is 704 Å². The lowest BCUT2D eigenvalue weighted by molar-refractivity contribution is -0.475. The lowest BCUT2D eigenvalue weighted by atomic mass is 9.73. The molecular weight excluding hydrogens is 1940 g/mol. The van der Waals surface area contributed by atoms with E-state index in [-0.39, 0.29) is 15.7 Å². The molecule has 1 aliphatic rings. The molecule has 664 valence electrons. The molecule has 0 aromatic heterocycles. The molecule has 48 heteroatoms. The number of alkyl halides is 34. The van der Waals surface area contributed by atoms with Crippen LogP contribution >= 0.6 is 155 Å². The standard InChI is InChI=1S/C20H31ClO.C16H23ClO.C10H17ClO.C7ClF13O.C7ClF11O.C3BrClF4O.C3Cl6O/c1-2-3-4-5-6-7-8-9-10-11-12-13-14-15-16-17-18-19-20(21)22;1-2-3-4-5-6-7-8-9-14-10-12-15(13-11-14)16(17)18;1-2-3-4-5-6-7-8-9-10(11)12;8-1(22)2(9,10)3(11,12)4(13,14)5(15,16)6(17,18)7(19,20)21;8-1(20)2(9)3(10,11)5(14,15)7(18,19)6(16,17)4(2,12)13;4-2(6,1(5)10)3(7,8)9;4-1(10)2(5,6)3(7,8)9/h6-7,9-10,12-13,15-16H,2-5,8,11,14,17-19H2,1H3;10-13H,2-9H2,1H3;6-7H,2-5,8-9H2,1H3;;;;. The summed E-state index contributed by atoms with van der Waals surface area (Å²) in [6.45, 7) is 6.67. The minimum atomic E-state index is -8.03. The van der Waals surface area contributed by atoms with Crippen LogP contribution in [0.2, 0.25) is 0 Å². The van der Waals surface area contributed by atoms with Crippen LogP contribution in [0, 0.1) is 0 Å². The van der Waals surface area contributed by atoms with Crippen molar-refractivity contribution in [2.75, 3.05) is 0 Å². The molecule has 1 atom stereocenters. The van der Waals surface area contributed by atoms with Gasteiger partial charge in [-0.05, 0) is 192 Å². The van der Waals surface area contributed by atoms with Gasteiger partial charge in [-0.3, -0.25) is 33.6 Å². The SMILES string of the molecule is CCCCCC=CCC=CCC=CCC=CCCCC(=O)Cl.CCCCCC=CCCC(=O)Cl.CCCCCCCCCc1ccc(C(=O)Cl)cc1.O=C(Cl)C(Cl)(Cl)C(Cl)(Cl)Cl.O=C(Cl)C(F)(Br)C(F)(F)F.O=C(Cl)C(F)(F)C(F)(F)C(F)(F)C(F)(F)C(F)(F)C(F)(F)F.O=C(Cl)C1(F)C(F)(F)C(F)(F)C(F)(F)C(F)(F)C1(F)F. The molecule has 1 saturated carbocycles. The molecule has 0 radical (unpaired) electrons. The Bertz CT molecular complexity index is 3170. The molecule has 0 amide bonds. The molecule has 0 heterocycles. The molecule has 114 heavy (non-hydrogen) atoms. The van der Waals surface area contributed by atoms with Crippen molar-refractivity contribution in [1.82, 2.24) is 0 Å². The fraction of sp³-hybridized carbons (Fsp3) is 0.652. The number of halogens is 41. The van der Waals surface area contributed by atoms with Gasteiger partial charge in [-0.1, -0.05) is 216 Å². The number of allylic oxidation sites excluding steroid dienone is 10. The van der Waals surface area contributed by atoms with Crippen LogP contribution in [-0.2, 0) is 35.2 Å². The van der Waals surface area contributed by atoms with Crippen molar-refractivity contribution in [1.29, 1.82) is 0 Å². The van der Waals surface area contributed by atoms with Crippen LogP contribution in [0.4, 0.5) is 123 Å². The van der Waals surface area contributed by atoms with E-state index in [1.54, 1.807) is 0 Å². The highest BCUT2D eigenvalue weighted by atomic mass is 79.9. The summed E-state index contributed by atoms with van der Waals surface area (Å²) in [4.78, 5) is 72.0. The van der Waals surface area contributed by atoms with Crippen molar-refractivity contribution < 1.29 is 156 Å². The number of aryl methyl sites for hydroxylation is 1. The summed E-state index contributed by atoms with van der Waals surface area (Å²) >= 11 is 60.2. The highest BCUT2D eigenvalue weighted by Gasteiger charge is 3.03. The summed E-state index contributed by atoms with van der Waals surface area (Å²) in [6.07, 6.45) is 36.0. The second-order valence-corrected chi connectivity index (χ2v) is 30.4. The fourth-order valence-electron chi connectivity index (χ4n) is 7.54. The summed E-state index contributed by atoms with van der Waals surface area (Å²) in [5.74, 6) is -74.7. The Balaban J connectivity index is -0.000000413. The molecule has 7 nitrogen and oxygen atoms in total. The smallest absolute Gasteiger partial charge is 0.281 e. The van der Waals surface area contributed by atoms with Crippen molar-refractivity contribution in [2.24, 2.45) is 0 Å². The Morgan fingerprint density at radius 1 is 0.360 bits per heavy atom. The number of carbonyl (C=O) groups is 7. The summed E-state index contributed by atoms with van der Waals surface area (Å²) in [5, 5.41) is -11.5. The van der Waals surface area contributed by atoms with Gasteiger partial charge in [-0.2, -0.15) is 114 Å². The Kier molecular flexibility index (Phi) is 55.7. The van der Waals surface area contributed by atoms with Crippen LogP contribution in [-0.4, -0.2) is 127 Å². The first-order chi connectivity index (χ1) is 51.3. The zero-order valence-corrected chi connectivity index (χ0v) is 69.6. The zero-order chi connectivity index (χ0) is 91.1. The minimum absolute atomic E-state index is 0.240. The molecule has 0 N–H and O–H groups in total. The lowest BCUT2D eigenvalue weighted by Gasteiger charge is -2.50. The number of benzene rings is 1. The quantitative estimate of drug-likeness (QED) is 0.0213. The summed E-state index contributed by atoms with van der Waals surface area (Å²) in [7, 11) is 0. The highest BCUT2D eigenvalue weighted by molar-refractivity contribution is 9.10. The number of hydrogen-bond acceptors (Lipinski definition) is 7. The van der Waals surface area contributed by atoms with E-state index in [0.29, 0.717) is 18.4 Å². The van der Waals surface area contributed by atoms with Crippen molar-refractivity contribution >= 4 is 192 Å². The fourth-order valence-corrected chi connectivity index (χ4v) is 8.91. The molecule has 1 fully saturated rings. The molecule has 1 unspecified atom stereocenters. The minimum Gasteiger partial charge on any atom is -0.281 e. The third-order valence-corrected chi connectivity index (χ3v) is 19.4. The van der Waals surface area contributed by atoms with E-state index in [4.69, 9.17) is 104 Å². The van der Waals surface area contributed by atoms with E-state index in [2.05, 4.69) is 110 Å². The van der Waals surface area contributed by atoms with Gasteiger partial charge in [0.15, 0.2) is 0 Å². The molecule has 0 spiro atoms. The van der Waals surface area contributed by atoms with Crippen molar-refractivity contribution in [3.8, 4) is 0 Å². The van der Waals surface area contributed by atoms with Gasteiger partial charge in [0, 0.05) is 18.4 Å². The Morgan fingerprint density at radius 3 is 0.965 bits per heavy atom. The second kappa shape index (κ2) is 52.8. The van der Waals surface area contributed by atoms with Crippen molar-refractivity contribution in [2.45, 2.75) is 265 Å². The first-order valence-electron chi connectivity index (χ1n) is 32.4. The molecule has 1 aromatic carbocycles. The van der Waals surface area contributed by atoms with E-state index in [1.807, 2.05) is 30.3 Å². The maximum atomic E-state index is 13.3. The topological polar surface area (TPSA) is 119 Å². The molecule has 0 aliphatic heterocycles. The zero-order valence-electron chi connectivity index (χ0n) is 58.9. The van der Waals surface area contributed by atoms with Gasteiger partial charge in [0.1, 0.15) is 0 Å². The van der Waals surface area contributed by atoms with Gasteiger partial charge in [-0.25, -0.2) is 8.78 Å². The third kappa shape index (κ3) is 36.0. The van der Waals surface area contributed by atoms with Gasteiger partial charge < -0.3 is 0 Å². The highest BCUT2D eigenvalue weighted by Crippen LogP contribution is 2.70. The van der Waals surface area contributed by atoms with Gasteiger partial charge in [0.2, 0.25) is 18.6 Å². The molecule has 0 bridgehead atoms. The molecular formula is C66H71BrCl12F28O7. The van der Waals surface area contributed by atoms with E-state index < -0.39 is 111 Å². The average Bonchev–Trinajstić information content (AvgIpc) is 0.662. The molecule has 1 aliphatic carbocycles. The van der Waals surface area contributed by atoms with Gasteiger partial charge in [-0.15, -0.1) is 0 Å². The third-order valence-electron chi connectivity index (χ3n) is 14.2. The lowest BCUT2D eigenvalue weighted by Crippen LogP contribution is -2.85. The van der Waals surface area contributed by atoms with Gasteiger partial charge in [0.25, 0.3) is 26.2 Å². The van der Waals surface area contributed by atoms with Crippen LogP contribution in [0.15, 0.2) is 85.0 Å². The van der Waals surface area contributed by atoms with E-state index in [1.165, 1.54) is 111 Å². The van der Waals surface area contributed by atoms with Crippen molar-refractivity contribution in [3.63, 3.8) is 0 Å². The van der Waals surface area contributed by atoms with Crippen LogP contribution in [0.25, 0.3) is 0 Å². The van der Waals surface area contributed by atoms with Crippen LogP contribution < -0.4 is 0 Å².